The molecule has 0 spiro atoms. The lowest BCUT2D eigenvalue weighted by Gasteiger charge is -2.23. The Morgan fingerprint density at radius 3 is 2.26 bits per heavy atom. The fourth-order valence-corrected chi connectivity index (χ4v) is 1.32. The number of alkyl halides is 5. The third-order valence-corrected chi connectivity index (χ3v) is 2.26. The SMILES string of the molecule is N[C@H](c1cccc(OC(F)(F)F)c1O)C(F)(F)CO. The highest BCUT2D eigenvalue weighted by atomic mass is 19.4. The highest BCUT2D eigenvalue weighted by molar-refractivity contribution is 5.47. The molecular weight excluding hydrogens is 277 g/mol. The standard InChI is InChI=1S/C10H10F5NO3/c11-9(12,4-17)8(16)5-2-1-3-6(7(5)18)19-10(13,14)15/h1-3,8,17-18H,4,16H2/t8-/m1/s1. The van der Waals surface area contributed by atoms with Gasteiger partial charge < -0.3 is 20.7 Å². The highest BCUT2D eigenvalue weighted by Crippen LogP contribution is 2.40. The molecule has 4 N–H and O–H groups in total. The number of para-hydroxylation sites is 1. The van der Waals surface area contributed by atoms with Crippen molar-refractivity contribution in [3.8, 4) is 11.5 Å². The second-order valence-corrected chi connectivity index (χ2v) is 3.64. The molecule has 0 fully saturated rings. The van der Waals surface area contributed by atoms with Gasteiger partial charge in [-0.05, 0) is 6.07 Å². The second kappa shape index (κ2) is 5.17. The number of rotatable bonds is 4. The molecule has 0 unspecified atom stereocenters. The van der Waals surface area contributed by atoms with Gasteiger partial charge in [0.15, 0.2) is 11.5 Å². The first kappa shape index (κ1) is 15.4. The minimum atomic E-state index is -5.08. The van der Waals surface area contributed by atoms with Gasteiger partial charge >= 0.3 is 6.36 Å². The molecule has 0 heterocycles. The third kappa shape index (κ3) is 3.67. The highest BCUT2D eigenvalue weighted by Gasteiger charge is 2.40. The average Bonchev–Trinajstić information content (AvgIpc) is 2.29. The zero-order chi connectivity index (χ0) is 14.8. The lowest BCUT2D eigenvalue weighted by Crippen LogP contribution is -2.36. The van der Waals surface area contributed by atoms with Crippen molar-refractivity contribution in [2.24, 2.45) is 5.73 Å². The van der Waals surface area contributed by atoms with Crippen LogP contribution in [0.1, 0.15) is 11.6 Å². The molecule has 0 bridgehead atoms. The average molecular weight is 287 g/mol. The summed E-state index contributed by atoms with van der Waals surface area (Å²) < 4.78 is 65.7. The van der Waals surface area contributed by atoms with Crippen LogP contribution in [0.2, 0.25) is 0 Å². The molecule has 0 aliphatic carbocycles. The molecule has 4 nitrogen and oxygen atoms in total. The molecule has 9 heteroatoms. The largest absolute Gasteiger partial charge is 0.573 e. The first-order valence-corrected chi connectivity index (χ1v) is 4.90. The smallest absolute Gasteiger partial charge is 0.504 e. The van der Waals surface area contributed by atoms with Gasteiger partial charge in [0, 0.05) is 5.56 Å². The van der Waals surface area contributed by atoms with Crippen LogP contribution in [0.25, 0.3) is 0 Å². The maximum atomic E-state index is 13.1. The number of aliphatic hydroxyl groups excluding tert-OH is 1. The van der Waals surface area contributed by atoms with E-state index in [-0.39, 0.29) is 0 Å². The Hall–Kier alpha value is -1.61. The van der Waals surface area contributed by atoms with Crippen molar-refractivity contribution in [1.29, 1.82) is 0 Å². The number of nitrogens with two attached hydrogens (primary N) is 1. The van der Waals surface area contributed by atoms with Crippen molar-refractivity contribution in [3.63, 3.8) is 0 Å². The van der Waals surface area contributed by atoms with Crippen LogP contribution in [0, 0.1) is 0 Å². The van der Waals surface area contributed by atoms with Gasteiger partial charge in [-0.3, -0.25) is 0 Å². The number of hydrogen-bond donors (Lipinski definition) is 3. The summed E-state index contributed by atoms with van der Waals surface area (Å²) >= 11 is 0. The van der Waals surface area contributed by atoms with Gasteiger partial charge in [0.1, 0.15) is 12.6 Å². The summed E-state index contributed by atoms with van der Waals surface area (Å²) in [5, 5.41) is 17.9. The van der Waals surface area contributed by atoms with Gasteiger partial charge in [0.2, 0.25) is 0 Å². The molecule has 108 valence electrons. The molecule has 19 heavy (non-hydrogen) atoms. The quantitative estimate of drug-likeness (QED) is 0.739. The number of benzene rings is 1. The summed E-state index contributed by atoms with van der Waals surface area (Å²) in [5.74, 6) is -6.00. The molecule has 1 aromatic carbocycles. The van der Waals surface area contributed by atoms with Gasteiger partial charge in [0.05, 0.1) is 0 Å². The summed E-state index contributed by atoms with van der Waals surface area (Å²) in [6.45, 7) is -1.61. The van der Waals surface area contributed by atoms with Crippen molar-refractivity contribution in [2.75, 3.05) is 6.61 Å². The Balaban J connectivity index is 3.14. The number of halogens is 5. The van der Waals surface area contributed by atoms with E-state index in [0.717, 1.165) is 18.2 Å². The molecule has 0 saturated heterocycles. The summed E-state index contributed by atoms with van der Waals surface area (Å²) in [6, 6.07) is 0.445. The van der Waals surface area contributed by atoms with Crippen molar-refractivity contribution >= 4 is 0 Å². The normalized spacial score (nSPS) is 14.3. The van der Waals surface area contributed by atoms with Gasteiger partial charge in [-0.1, -0.05) is 12.1 Å². The first-order valence-electron chi connectivity index (χ1n) is 4.90. The van der Waals surface area contributed by atoms with Gasteiger partial charge in [-0.15, -0.1) is 13.2 Å². The topological polar surface area (TPSA) is 75.7 Å². The second-order valence-electron chi connectivity index (χ2n) is 3.64. The van der Waals surface area contributed by atoms with E-state index in [1.165, 1.54) is 0 Å². The number of ether oxygens (including phenoxy) is 1. The minimum absolute atomic E-state index is 0.666. The fourth-order valence-electron chi connectivity index (χ4n) is 1.32. The van der Waals surface area contributed by atoms with Gasteiger partial charge in [-0.25, -0.2) is 8.78 Å². The lowest BCUT2D eigenvalue weighted by molar-refractivity contribution is -0.275. The van der Waals surface area contributed by atoms with E-state index in [0.29, 0.717) is 0 Å². The van der Waals surface area contributed by atoms with Crippen molar-refractivity contribution in [3.05, 3.63) is 23.8 Å². The predicted molar refractivity (Wildman–Crippen MR) is 53.8 cm³/mol. The van der Waals surface area contributed by atoms with Crippen LogP contribution in [0.5, 0.6) is 11.5 Å². The van der Waals surface area contributed by atoms with E-state index < -0.39 is 42.0 Å². The zero-order valence-electron chi connectivity index (χ0n) is 9.29. The number of aliphatic hydroxyl groups is 1. The maximum Gasteiger partial charge on any atom is 0.573 e. The molecule has 0 radical (unpaired) electrons. The number of aromatic hydroxyl groups is 1. The van der Waals surface area contributed by atoms with Crippen LogP contribution in [-0.2, 0) is 0 Å². The van der Waals surface area contributed by atoms with E-state index in [1.54, 1.807) is 0 Å². The summed E-state index contributed by atoms with van der Waals surface area (Å²) in [5.41, 5.74) is 4.44. The monoisotopic (exact) mass is 287 g/mol. The molecule has 1 rings (SSSR count). The number of phenols is 1. The maximum absolute atomic E-state index is 13.1. The summed E-state index contributed by atoms with van der Waals surface area (Å²) in [6.07, 6.45) is -5.08. The lowest BCUT2D eigenvalue weighted by atomic mass is 10.0. The molecule has 1 atom stereocenters. The Morgan fingerprint density at radius 2 is 1.79 bits per heavy atom. The molecule has 0 amide bonds. The minimum Gasteiger partial charge on any atom is -0.504 e. The molecule has 0 aliphatic heterocycles. The number of phenolic OH excluding ortho intramolecular Hbond substituents is 1. The van der Waals surface area contributed by atoms with Crippen molar-refractivity contribution < 1.29 is 36.9 Å². The van der Waals surface area contributed by atoms with E-state index in [1.807, 2.05) is 0 Å². The van der Waals surface area contributed by atoms with Gasteiger partial charge in [-0.2, -0.15) is 0 Å². The van der Waals surface area contributed by atoms with Gasteiger partial charge in [0.25, 0.3) is 5.92 Å². The Bertz CT molecular complexity index is 449. The molecular formula is C10H10F5NO3. The van der Waals surface area contributed by atoms with Crippen LogP contribution >= 0.6 is 0 Å². The molecule has 0 aliphatic rings. The van der Waals surface area contributed by atoms with Crippen LogP contribution in [0.15, 0.2) is 18.2 Å². The fraction of sp³-hybridized carbons (Fsp3) is 0.400. The van der Waals surface area contributed by atoms with Crippen LogP contribution in [-0.4, -0.2) is 29.1 Å². The Morgan fingerprint density at radius 1 is 1.21 bits per heavy atom. The summed E-state index contributed by atoms with van der Waals surface area (Å²) in [7, 11) is 0. The molecule has 0 aromatic heterocycles. The Kier molecular flexibility index (Phi) is 4.21. The zero-order valence-corrected chi connectivity index (χ0v) is 9.29. The summed E-state index contributed by atoms with van der Waals surface area (Å²) in [4.78, 5) is 0. The Labute approximate surface area is 104 Å². The van der Waals surface area contributed by atoms with Crippen LogP contribution < -0.4 is 10.5 Å². The van der Waals surface area contributed by atoms with E-state index in [4.69, 9.17) is 10.8 Å². The first-order chi connectivity index (χ1) is 8.58. The predicted octanol–water partition coefficient (Wildman–Crippen LogP) is 1.92. The third-order valence-electron chi connectivity index (χ3n) is 2.26. The van der Waals surface area contributed by atoms with Crippen molar-refractivity contribution in [1.82, 2.24) is 0 Å². The van der Waals surface area contributed by atoms with Crippen LogP contribution in [0.3, 0.4) is 0 Å². The molecule has 0 saturated carbocycles. The number of hydrogen-bond acceptors (Lipinski definition) is 4. The van der Waals surface area contributed by atoms with Crippen LogP contribution in [0.4, 0.5) is 22.0 Å². The van der Waals surface area contributed by atoms with E-state index in [9.17, 15) is 27.1 Å². The van der Waals surface area contributed by atoms with E-state index in [2.05, 4.69) is 4.74 Å². The van der Waals surface area contributed by atoms with E-state index >= 15 is 0 Å². The molecule has 1 aromatic rings. The van der Waals surface area contributed by atoms with Crippen molar-refractivity contribution in [2.45, 2.75) is 18.3 Å².